The Bertz CT molecular complexity index is 1220. The Morgan fingerprint density at radius 2 is 1.93 bits per heavy atom. The summed E-state index contributed by atoms with van der Waals surface area (Å²) >= 11 is 3.41. The maximum atomic E-state index is 12.5. The number of rotatable bonds is 5. The van der Waals surface area contributed by atoms with Crippen LogP contribution in [0.4, 0.5) is 5.69 Å². The van der Waals surface area contributed by atoms with E-state index in [-0.39, 0.29) is 19.2 Å². The molecule has 0 unspecified atom stereocenters. The van der Waals surface area contributed by atoms with E-state index in [1.165, 1.54) is 0 Å². The molecule has 9 heteroatoms. The van der Waals surface area contributed by atoms with Crippen LogP contribution in [0.2, 0.25) is 0 Å². The molecule has 1 aliphatic rings. The van der Waals surface area contributed by atoms with Crippen molar-refractivity contribution >= 4 is 27.5 Å². The molecule has 8 nitrogen and oxygen atoms in total. The van der Waals surface area contributed by atoms with Gasteiger partial charge in [-0.3, -0.25) is 4.79 Å². The topological polar surface area (TPSA) is 91.4 Å². The molecule has 3 heterocycles. The van der Waals surface area contributed by atoms with Crippen molar-refractivity contribution in [1.82, 2.24) is 14.7 Å². The van der Waals surface area contributed by atoms with Crippen LogP contribution in [0.25, 0.3) is 23.0 Å². The zero-order valence-electron chi connectivity index (χ0n) is 15.5. The summed E-state index contributed by atoms with van der Waals surface area (Å²) in [5, 5.41) is 6.91. The number of anilines is 1. The van der Waals surface area contributed by atoms with Gasteiger partial charge >= 0.3 is 0 Å². The first-order chi connectivity index (χ1) is 14.7. The summed E-state index contributed by atoms with van der Waals surface area (Å²) in [5.41, 5.74) is 2.13. The standard InChI is InChI=1S/C21H15BrN4O4/c22-14-5-3-13(4-6-14)20-24-21(30-25-20)16-2-1-9-26(16)11-19(27)23-15-7-8-17-18(10-15)29-12-28-17/h1-10H,11-12H2,(H,23,27). The lowest BCUT2D eigenvalue weighted by molar-refractivity contribution is -0.116. The molecule has 2 aromatic carbocycles. The van der Waals surface area contributed by atoms with E-state index < -0.39 is 0 Å². The molecule has 30 heavy (non-hydrogen) atoms. The Kier molecular flexibility index (Phi) is 4.72. The number of nitrogens with zero attached hydrogens (tertiary/aromatic N) is 3. The summed E-state index contributed by atoms with van der Waals surface area (Å²) in [5.74, 6) is 1.90. The molecule has 2 aromatic heterocycles. The van der Waals surface area contributed by atoms with Gasteiger partial charge in [0.05, 0.1) is 0 Å². The Morgan fingerprint density at radius 1 is 1.10 bits per heavy atom. The molecule has 0 radical (unpaired) electrons. The van der Waals surface area contributed by atoms with Gasteiger partial charge in [-0.05, 0) is 48.5 Å². The third-order valence-corrected chi connectivity index (χ3v) is 5.08. The van der Waals surface area contributed by atoms with Crippen LogP contribution in [0.1, 0.15) is 0 Å². The van der Waals surface area contributed by atoms with Crippen LogP contribution in [-0.4, -0.2) is 27.4 Å². The normalized spacial score (nSPS) is 12.2. The van der Waals surface area contributed by atoms with E-state index >= 15 is 0 Å². The van der Waals surface area contributed by atoms with Crippen molar-refractivity contribution in [3.63, 3.8) is 0 Å². The van der Waals surface area contributed by atoms with E-state index in [2.05, 4.69) is 31.4 Å². The van der Waals surface area contributed by atoms with E-state index in [1.807, 2.05) is 36.4 Å². The lowest BCUT2D eigenvalue weighted by atomic mass is 10.2. The Balaban J connectivity index is 1.31. The molecule has 0 aliphatic carbocycles. The zero-order valence-corrected chi connectivity index (χ0v) is 17.1. The number of aromatic nitrogens is 3. The minimum absolute atomic E-state index is 0.0901. The molecule has 1 N–H and O–H groups in total. The van der Waals surface area contributed by atoms with Crippen LogP contribution in [0, 0.1) is 0 Å². The molecule has 150 valence electrons. The van der Waals surface area contributed by atoms with Crippen LogP contribution >= 0.6 is 15.9 Å². The van der Waals surface area contributed by atoms with Gasteiger partial charge in [-0.25, -0.2) is 0 Å². The van der Waals surface area contributed by atoms with Gasteiger partial charge in [-0.15, -0.1) is 0 Å². The van der Waals surface area contributed by atoms with Crippen LogP contribution in [0.5, 0.6) is 11.5 Å². The average Bonchev–Trinajstić information content (AvgIpc) is 3.48. The summed E-state index contributed by atoms with van der Waals surface area (Å²) in [4.78, 5) is 17.0. The molecule has 4 aromatic rings. The first kappa shape index (κ1) is 18.4. The first-order valence-corrected chi connectivity index (χ1v) is 9.90. The molecule has 0 spiro atoms. The van der Waals surface area contributed by atoms with E-state index in [1.54, 1.807) is 29.0 Å². The van der Waals surface area contributed by atoms with E-state index in [0.717, 1.165) is 10.0 Å². The minimum Gasteiger partial charge on any atom is -0.454 e. The average molecular weight is 467 g/mol. The molecule has 0 fully saturated rings. The lowest BCUT2D eigenvalue weighted by Crippen LogP contribution is -2.18. The predicted molar refractivity (Wildman–Crippen MR) is 112 cm³/mol. The molecular formula is C21H15BrN4O4. The molecule has 1 aliphatic heterocycles. The van der Waals surface area contributed by atoms with Crippen LogP contribution in [0.15, 0.2) is 69.8 Å². The molecule has 1 amide bonds. The summed E-state index contributed by atoms with van der Waals surface area (Å²) in [6, 6.07) is 16.5. The highest BCUT2D eigenvalue weighted by Gasteiger charge is 2.17. The van der Waals surface area contributed by atoms with Crippen LogP contribution in [0.3, 0.4) is 0 Å². The third kappa shape index (κ3) is 3.67. The Morgan fingerprint density at radius 3 is 2.80 bits per heavy atom. The number of carbonyl (C=O) groups excluding carboxylic acids is 1. The second-order valence-electron chi connectivity index (χ2n) is 6.57. The van der Waals surface area contributed by atoms with Gasteiger partial charge < -0.3 is 23.9 Å². The molecule has 0 saturated carbocycles. The van der Waals surface area contributed by atoms with Crippen LogP contribution in [-0.2, 0) is 11.3 Å². The van der Waals surface area contributed by atoms with Gasteiger partial charge in [0.25, 0.3) is 5.89 Å². The number of ether oxygens (including phenoxy) is 2. The van der Waals surface area contributed by atoms with E-state index in [4.69, 9.17) is 14.0 Å². The van der Waals surface area contributed by atoms with Gasteiger partial charge in [0.15, 0.2) is 11.5 Å². The summed E-state index contributed by atoms with van der Waals surface area (Å²) < 4.78 is 18.8. The fraction of sp³-hybridized carbons (Fsp3) is 0.0952. The number of amides is 1. The minimum atomic E-state index is -0.195. The maximum absolute atomic E-state index is 12.5. The number of nitrogens with one attached hydrogen (secondary N) is 1. The number of benzene rings is 2. The fourth-order valence-electron chi connectivity index (χ4n) is 3.12. The van der Waals surface area contributed by atoms with Gasteiger partial charge in [-0.1, -0.05) is 21.1 Å². The highest BCUT2D eigenvalue weighted by atomic mass is 79.9. The number of hydrogen-bond donors (Lipinski definition) is 1. The van der Waals surface area contributed by atoms with Crippen LogP contribution < -0.4 is 14.8 Å². The molecule has 0 atom stereocenters. The smallest absolute Gasteiger partial charge is 0.274 e. The van der Waals surface area contributed by atoms with Gasteiger partial charge in [-0.2, -0.15) is 4.98 Å². The Hall–Kier alpha value is -3.59. The summed E-state index contributed by atoms with van der Waals surface area (Å²) in [6.07, 6.45) is 1.79. The van der Waals surface area contributed by atoms with Crippen molar-refractivity contribution in [2.24, 2.45) is 0 Å². The second-order valence-corrected chi connectivity index (χ2v) is 7.48. The molecular weight excluding hydrogens is 452 g/mol. The fourth-order valence-corrected chi connectivity index (χ4v) is 3.38. The summed E-state index contributed by atoms with van der Waals surface area (Å²) in [6.45, 7) is 0.276. The third-order valence-electron chi connectivity index (χ3n) is 4.55. The van der Waals surface area contributed by atoms with Crippen molar-refractivity contribution in [2.75, 3.05) is 12.1 Å². The predicted octanol–water partition coefficient (Wildman–Crippen LogP) is 4.34. The van der Waals surface area contributed by atoms with Gasteiger partial charge in [0, 0.05) is 28.0 Å². The summed E-state index contributed by atoms with van der Waals surface area (Å²) in [7, 11) is 0. The van der Waals surface area contributed by atoms with E-state index in [0.29, 0.717) is 34.6 Å². The lowest BCUT2D eigenvalue weighted by Gasteiger charge is -2.08. The highest BCUT2D eigenvalue weighted by Crippen LogP contribution is 2.34. The second kappa shape index (κ2) is 7.68. The molecule has 0 bridgehead atoms. The quantitative estimate of drug-likeness (QED) is 0.470. The monoisotopic (exact) mass is 466 g/mol. The van der Waals surface area contributed by atoms with Crippen molar-refractivity contribution in [3.8, 4) is 34.5 Å². The zero-order chi connectivity index (χ0) is 20.5. The largest absolute Gasteiger partial charge is 0.454 e. The number of halogens is 1. The van der Waals surface area contributed by atoms with Crippen molar-refractivity contribution < 1.29 is 18.8 Å². The van der Waals surface area contributed by atoms with Gasteiger partial charge in [0.1, 0.15) is 12.2 Å². The highest BCUT2D eigenvalue weighted by molar-refractivity contribution is 9.10. The van der Waals surface area contributed by atoms with E-state index in [9.17, 15) is 4.79 Å². The number of carbonyl (C=O) groups is 1. The van der Waals surface area contributed by atoms with Crippen molar-refractivity contribution in [3.05, 3.63) is 65.3 Å². The number of fused-ring (bicyclic) bond motifs is 1. The SMILES string of the molecule is O=C(Cn1cccc1-c1nc(-c2ccc(Br)cc2)no1)Nc1ccc2c(c1)OCO2. The Labute approximate surface area is 179 Å². The molecule has 5 rings (SSSR count). The number of hydrogen-bond acceptors (Lipinski definition) is 6. The maximum Gasteiger partial charge on any atom is 0.274 e. The van der Waals surface area contributed by atoms with Gasteiger partial charge in [0.2, 0.25) is 18.5 Å². The van der Waals surface area contributed by atoms with Crippen molar-refractivity contribution in [1.29, 1.82) is 0 Å². The first-order valence-electron chi connectivity index (χ1n) is 9.10. The molecule has 0 saturated heterocycles. The van der Waals surface area contributed by atoms with Crippen molar-refractivity contribution in [2.45, 2.75) is 6.54 Å².